The molecule has 0 radical (unpaired) electrons. The Labute approximate surface area is 126 Å². The van der Waals surface area contributed by atoms with E-state index >= 15 is 0 Å². The summed E-state index contributed by atoms with van der Waals surface area (Å²) in [6, 6.07) is 15.3. The molecule has 2 nitrogen and oxygen atoms in total. The lowest BCUT2D eigenvalue weighted by Gasteiger charge is -2.38. The number of fused-ring (bicyclic) bond motifs is 2. The van der Waals surface area contributed by atoms with E-state index in [0.29, 0.717) is 11.8 Å². The second-order valence-electron chi connectivity index (χ2n) is 6.28. The summed E-state index contributed by atoms with van der Waals surface area (Å²) in [5.74, 6) is 0.401. The fourth-order valence-electron chi connectivity index (χ4n) is 3.94. The van der Waals surface area contributed by atoms with Gasteiger partial charge < -0.3 is 5.11 Å². The monoisotopic (exact) mass is 279 g/mol. The Kier molecular flexibility index (Phi) is 3.19. The van der Waals surface area contributed by atoms with Crippen LogP contribution in [0.25, 0.3) is 0 Å². The number of aromatic hydroxyl groups is 1. The Morgan fingerprint density at radius 3 is 2.71 bits per heavy atom. The van der Waals surface area contributed by atoms with E-state index in [2.05, 4.69) is 35.2 Å². The summed E-state index contributed by atoms with van der Waals surface area (Å²) in [7, 11) is 0. The molecular formula is C19H21NO. The molecule has 108 valence electrons. The summed E-state index contributed by atoms with van der Waals surface area (Å²) in [6.07, 6.45) is 4.71. The molecule has 1 unspecified atom stereocenters. The van der Waals surface area contributed by atoms with Crippen LogP contribution in [0.2, 0.25) is 0 Å². The molecule has 2 aromatic carbocycles. The number of aryl methyl sites for hydroxylation is 1. The van der Waals surface area contributed by atoms with Gasteiger partial charge in [-0.3, -0.25) is 4.90 Å². The minimum atomic E-state index is 0.401. The van der Waals surface area contributed by atoms with Crippen LogP contribution in [0, 0.1) is 0 Å². The highest BCUT2D eigenvalue weighted by atomic mass is 16.3. The lowest BCUT2D eigenvalue weighted by Crippen LogP contribution is -2.35. The first kappa shape index (κ1) is 12.9. The van der Waals surface area contributed by atoms with Gasteiger partial charge in [0.1, 0.15) is 5.75 Å². The van der Waals surface area contributed by atoms with Gasteiger partial charge in [-0.15, -0.1) is 0 Å². The molecule has 1 aliphatic heterocycles. The van der Waals surface area contributed by atoms with E-state index in [1.165, 1.54) is 35.1 Å². The SMILES string of the molecule is Oc1ccc2c(c1)CCCC2N1CCc2ccccc2C1. The third-order valence-corrected chi connectivity index (χ3v) is 5.01. The maximum atomic E-state index is 9.70. The first-order valence-electron chi connectivity index (χ1n) is 7.94. The van der Waals surface area contributed by atoms with Crippen molar-refractivity contribution in [2.45, 2.75) is 38.3 Å². The van der Waals surface area contributed by atoms with E-state index in [-0.39, 0.29) is 0 Å². The first-order valence-corrected chi connectivity index (χ1v) is 7.94. The molecule has 0 aromatic heterocycles. The molecule has 1 N–H and O–H groups in total. The van der Waals surface area contributed by atoms with Gasteiger partial charge in [-0.2, -0.15) is 0 Å². The van der Waals surface area contributed by atoms with Crippen molar-refractivity contribution >= 4 is 0 Å². The molecule has 0 amide bonds. The topological polar surface area (TPSA) is 23.5 Å². The predicted molar refractivity (Wildman–Crippen MR) is 84.3 cm³/mol. The summed E-state index contributed by atoms with van der Waals surface area (Å²) < 4.78 is 0. The highest BCUT2D eigenvalue weighted by Crippen LogP contribution is 2.38. The van der Waals surface area contributed by atoms with Crippen LogP contribution in [0.4, 0.5) is 0 Å². The summed E-state index contributed by atoms with van der Waals surface area (Å²) in [4.78, 5) is 2.62. The van der Waals surface area contributed by atoms with E-state index in [1.807, 2.05) is 12.1 Å². The van der Waals surface area contributed by atoms with Crippen molar-refractivity contribution in [3.63, 3.8) is 0 Å². The average Bonchev–Trinajstić information content (AvgIpc) is 2.53. The van der Waals surface area contributed by atoms with Crippen molar-refractivity contribution in [3.8, 4) is 5.75 Å². The van der Waals surface area contributed by atoms with Crippen LogP contribution in [0.3, 0.4) is 0 Å². The van der Waals surface area contributed by atoms with Gasteiger partial charge in [0.25, 0.3) is 0 Å². The van der Waals surface area contributed by atoms with E-state index in [9.17, 15) is 5.11 Å². The lowest BCUT2D eigenvalue weighted by atomic mass is 9.85. The Bertz CT molecular complexity index is 664. The zero-order chi connectivity index (χ0) is 14.2. The minimum Gasteiger partial charge on any atom is -0.508 e. The molecule has 0 saturated carbocycles. The molecule has 1 atom stereocenters. The molecule has 2 heteroatoms. The van der Waals surface area contributed by atoms with Gasteiger partial charge in [-0.25, -0.2) is 0 Å². The molecule has 2 aliphatic rings. The van der Waals surface area contributed by atoms with E-state index in [4.69, 9.17) is 0 Å². The molecule has 0 saturated heterocycles. The van der Waals surface area contributed by atoms with Gasteiger partial charge in [0.15, 0.2) is 0 Å². The molecular weight excluding hydrogens is 258 g/mol. The van der Waals surface area contributed by atoms with Gasteiger partial charge in [0.05, 0.1) is 0 Å². The van der Waals surface area contributed by atoms with Crippen LogP contribution in [-0.4, -0.2) is 16.6 Å². The van der Waals surface area contributed by atoms with Crippen molar-refractivity contribution in [2.24, 2.45) is 0 Å². The average molecular weight is 279 g/mol. The van der Waals surface area contributed by atoms with Crippen molar-refractivity contribution in [2.75, 3.05) is 6.54 Å². The molecule has 4 rings (SSSR count). The van der Waals surface area contributed by atoms with E-state index in [1.54, 1.807) is 0 Å². The van der Waals surface area contributed by atoms with Crippen molar-refractivity contribution in [3.05, 3.63) is 64.7 Å². The lowest BCUT2D eigenvalue weighted by molar-refractivity contribution is 0.162. The van der Waals surface area contributed by atoms with E-state index < -0.39 is 0 Å². The quantitative estimate of drug-likeness (QED) is 0.857. The Morgan fingerprint density at radius 2 is 1.81 bits per heavy atom. The number of rotatable bonds is 1. The maximum absolute atomic E-state index is 9.70. The van der Waals surface area contributed by atoms with Crippen LogP contribution >= 0.6 is 0 Å². The molecule has 21 heavy (non-hydrogen) atoms. The number of phenolic OH excluding ortho intramolecular Hbond substituents is 1. The van der Waals surface area contributed by atoms with Crippen LogP contribution < -0.4 is 0 Å². The molecule has 0 bridgehead atoms. The molecule has 1 aliphatic carbocycles. The number of hydrogen-bond donors (Lipinski definition) is 1. The normalized spacial score (nSPS) is 21.6. The Hall–Kier alpha value is -1.80. The van der Waals surface area contributed by atoms with Crippen molar-refractivity contribution in [1.82, 2.24) is 4.90 Å². The number of hydrogen-bond acceptors (Lipinski definition) is 2. The van der Waals surface area contributed by atoms with Crippen LogP contribution in [-0.2, 0) is 19.4 Å². The Balaban J connectivity index is 1.64. The fraction of sp³-hybridized carbons (Fsp3) is 0.368. The summed E-state index contributed by atoms with van der Waals surface area (Å²) >= 11 is 0. The summed E-state index contributed by atoms with van der Waals surface area (Å²) in [5, 5.41) is 9.70. The largest absolute Gasteiger partial charge is 0.508 e. The zero-order valence-corrected chi connectivity index (χ0v) is 12.3. The number of benzene rings is 2. The Morgan fingerprint density at radius 1 is 0.952 bits per heavy atom. The van der Waals surface area contributed by atoms with Gasteiger partial charge in [0.2, 0.25) is 0 Å². The standard InChI is InChI=1S/C19H21NO/c21-17-8-9-18-15(12-17)6-3-7-19(18)20-11-10-14-4-1-2-5-16(14)13-20/h1-2,4-5,8-9,12,19,21H,3,6-7,10-11,13H2. The molecule has 2 aromatic rings. The van der Waals surface area contributed by atoms with Gasteiger partial charge in [0, 0.05) is 19.1 Å². The predicted octanol–water partition coefficient (Wildman–Crippen LogP) is 3.83. The maximum Gasteiger partial charge on any atom is 0.115 e. The zero-order valence-electron chi connectivity index (χ0n) is 12.3. The van der Waals surface area contributed by atoms with Crippen molar-refractivity contribution < 1.29 is 5.11 Å². The highest BCUT2D eigenvalue weighted by Gasteiger charge is 2.28. The van der Waals surface area contributed by atoms with Crippen LogP contribution in [0.5, 0.6) is 5.75 Å². The smallest absolute Gasteiger partial charge is 0.115 e. The van der Waals surface area contributed by atoms with Crippen molar-refractivity contribution in [1.29, 1.82) is 0 Å². The first-order chi connectivity index (χ1) is 10.3. The third kappa shape index (κ3) is 2.34. The minimum absolute atomic E-state index is 0.401. The van der Waals surface area contributed by atoms with Crippen LogP contribution in [0.15, 0.2) is 42.5 Å². The molecule has 1 heterocycles. The summed E-state index contributed by atoms with van der Waals surface area (Å²) in [5.41, 5.74) is 5.76. The van der Waals surface area contributed by atoms with Gasteiger partial charge >= 0.3 is 0 Å². The van der Waals surface area contributed by atoms with Crippen LogP contribution in [0.1, 0.15) is 41.1 Å². The van der Waals surface area contributed by atoms with E-state index in [0.717, 1.165) is 25.9 Å². The number of phenols is 1. The second kappa shape index (κ2) is 5.19. The highest BCUT2D eigenvalue weighted by molar-refractivity contribution is 5.39. The molecule has 0 fully saturated rings. The second-order valence-corrected chi connectivity index (χ2v) is 6.28. The third-order valence-electron chi connectivity index (χ3n) is 5.01. The summed E-state index contributed by atoms with van der Waals surface area (Å²) in [6.45, 7) is 2.20. The fourth-order valence-corrected chi connectivity index (χ4v) is 3.94. The molecule has 0 spiro atoms. The van der Waals surface area contributed by atoms with Gasteiger partial charge in [-0.05, 0) is 60.1 Å². The van der Waals surface area contributed by atoms with Gasteiger partial charge in [-0.1, -0.05) is 30.3 Å². The number of nitrogens with zero attached hydrogens (tertiary/aromatic N) is 1.